The molecule has 0 spiro atoms. The molecule has 274 valence electrons. The van der Waals surface area contributed by atoms with Gasteiger partial charge in [0.25, 0.3) is 11.8 Å². The van der Waals surface area contributed by atoms with Gasteiger partial charge < -0.3 is 14.2 Å². The lowest BCUT2D eigenvalue weighted by molar-refractivity contribution is 0.0677. The molecule has 3 aliphatic heterocycles. The van der Waals surface area contributed by atoms with Gasteiger partial charge in [0.15, 0.2) is 52.3 Å². The van der Waals surface area contributed by atoms with E-state index in [4.69, 9.17) is 34.1 Å². The zero-order valence-electron chi connectivity index (χ0n) is 28.8. The molecule has 3 aliphatic rings. The number of benzene rings is 5. The molecule has 57 heavy (non-hydrogen) atoms. The highest BCUT2D eigenvalue weighted by Gasteiger charge is 2.38. The summed E-state index contributed by atoms with van der Waals surface area (Å²) in [6.07, 6.45) is 0. The number of aromatic amines is 2. The number of carbonyl (C=O) groups is 2. The van der Waals surface area contributed by atoms with Crippen LogP contribution in [0.5, 0.6) is 5.75 Å². The van der Waals surface area contributed by atoms with E-state index in [0.717, 1.165) is 27.5 Å². The SMILES string of the molecule is O=C1c2ccccc2C(=O)N1CS(=O)(=O)Oc1cccc2c3nc4nc(nc5[nH]c(nc6nc(nc([nH]3)c12)-c1ccccc1-6)c1ccccc51)-c1ccccc1-4.[AlH3]. The Labute approximate surface area is 332 Å². The van der Waals surface area contributed by atoms with Crippen molar-refractivity contribution in [1.82, 2.24) is 44.8 Å². The van der Waals surface area contributed by atoms with Gasteiger partial charge in [-0.3, -0.25) is 14.5 Å². The van der Waals surface area contributed by atoms with E-state index in [0.29, 0.717) is 56.1 Å². The van der Waals surface area contributed by atoms with E-state index < -0.39 is 27.8 Å². The van der Waals surface area contributed by atoms with Crippen molar-refractivity contribution in [3.05, 3.63) is 126 Å². The van der Waals surface area contributed by atoms with Gasteiger partial charge in [-0.25, -0.2) is 29.9 Å². The van der Waals surface area contributed by atoms with Crippen molar-refractivity contribution >= 4 is 83.4 Å². The standard InChI is InChI=1S/C41H23N9O5S.Al.3H/c51-40-27-16-7-8-17-28(27)41(52)50(40)20-56(53,54)55-30-19-9-18-29-31(30)39-48-37-26-15-6-5-14-25(26)35(46-37)44-33-22-11-2-1-10-21(22)32(42-33)43-34-23-12-3-4-13-24(23)36(45-34)47-38(29)49-39;;;;/h1-19H,20H2,(H2,42,43,44,45,46,47,48,49);;;;. The summed E-state index contributed by atoms with van der Waals surface area (Å²) in [4.78, 5) is 63.2. The number of nitrogens with one attached hydrogen (secondary N) is 2. The maximum atomic E-state index is 13.7. The molecule has 2 amide bonds. The van der Waals surface area contributed by atoms with E-state index in [9.17, 15) is 18.0 Å². The lowest BCUT2D eigenvalue weighted by atomic mass is 10.1. The average Bonchev–Trinajstić information content (AvgIpc) is 3.99. The zero-order chi connectivity index (χ0) is 37.7. The maximum Gasteiger partial charge on any atom is 0.328 e. The van der Waals surface area contributed by atoms with Crippen LogP contribution in [0.15, 0.2) is 115 Å². The molecule has 6 heterocycles. The Balaban J connectivity index is 0.00000396. The van der Waals surface area contributed by atoms with Crippen molar-refractivity contribution in [3.63, 3.8) is 0 Å². The molecule has 0 fully saturated rings. The number of amides is 2. The van der Waals surface area contributed by atoms with Crippen molar-refractivity contribution in [2.24, 2.45) is 0 Å². The van der Waals surface area contributed by atoms with Crippen molar-refractivity contribution in [3.8, 4) is 51.3 Å². The molecule has 8 aromatic rings. The Morgan fingerprint density at radius 2 is 0.860 bits per heavy atom. The van der Waals surface area contributed by atoms with E-state index in [-0.39, 0.29) is 45.3 Å². The normalized spacial score (nSPS) is 13.0. The van der Waals surface area contributed by atoms with Crippen molar-refractivity contribution in [2.75, 3.05) is 5.88 Å². The Kier molecular flexibility index (Phi) is 7.67. The summed E-state index contributed by atoms with van der Waals surface area (Å²) in [6.45, 7) is 0. The fourth-order valence-electron chi connectivity index (χ4n) is 7.41. The third kappa shape index (κ3) is 5.41. The van der Waals surface area contributed by atoms with Gasteiger partial charge in [-0.2, -0.15) is 8.42 Å². The molecular weight excluding hydrogens is 758 g/mol. The van der Waals surface area contributed by atoms with Crippen LogP contribution in [0.1, 0.15) is 20.7 Å². The van der Waals surface area contributed by atoms with Crippen LogP contribution in [0.3, 0.4) is 0 Å². The van der Waals surface area contributed by atoms with Crippen LogP contribution in [0, 0.1) is 0 Å². The number of nitrogens with zero attached hydrogens (tertiary/aromatic N) is 7. The highest BCUT2D eigenvalue weighted by Crippen LogP contribution is 2.38. The molecule has 8 bridgehead atoms. The molecule has 0 atom stereocenters. The number of aromatic nitrogens is 8. The van der Waals surface area contributed by atoms with Crippen molar-refractivity contribution < 1.29 is 22.2 Å². The van der Waals surface area contributed by atoms with Gasteiger partial charge in [-0.15, -0.1) is 0 Å². The van der Waals surface area contributed by atoms with Crippen LogP contribution in [-0.4, -0.2) is 88.2 Å². The van der Waals surface area contributed by atoms with Gasteiger partial charge in [-0.1, -0.05) is 97.1 Å². The first kappa shape index (κ1) is 34.4. The molecule has 0 unspecified atom stereocenters. The van der Waals surface area contributed by atoms with Gasteiger partial charge in [-0.05, 0) is 18.2 Å². The molecule has 3 aromatic heterocycles. The van der Waals surface area contributed by atoms with E-state index in [1.165, 1.54) is 18.2 Å². The summed E-state index contributed by atoms with van der Waals surface area (Å²) < 4.78 is 33.2. The molecular formula is C41H26AlN9O5S. The third-order valence-corrected chi connectivity index (χ3v) is 10.9. The molecule has 5 aromatic carbocycles. The Morgan fingerprint density at radius 1 is 0.474 bits per heavy atom. The van der Waals surface area contributed by atoms with Crippen LogP contribution >= 0.6 is 0 Å². The van der Waals surface area contributed by atoms with Gasteiger partial charge in [0.2, 0.25) is 0 Å². The molecule has 11 rings (SSSR count). The highest BCUT2D eigenvalue weighted by molar-refractivity contribution is 7.87. The minimum Gasteiger partial charge on any atom is -0.380 e. The summed E-state index contributed by atoms with van der Waals surface area (Å²) in [5.41, 5.74) is 4.82. The minimum atomic E-state index is -4.59. The summed E-state index contributed by atoms with van der Waals surface area (Å²) in [7, 11) is -4.59. The summed E-state index contributed by atoms with van der Waals surface area (Å²) in [6, 6.07) is 34.0. The number of hydrogen-bond donors (Lipinski definition) is 2. The molecule has 0 radical (unpaired) electrons. The molecule has 0 saturated carbocycles. The Bertz CT molecular complexity index is 3330. The maximum absolute atomic E-state index is 13.7. The molecule has 0 aliphatic carbocycles. The molecule has 16 heteroatoms. The average molecular weight is 784 g/mol. The second-order valence-corrected chi connectivity index (χ2v) is 14.8. The second kappa shape index (κ2) is 12.7. The quantitative estimate of drug-likeness (QED) is 0.128. The first-order valence-electron chi connectivity index (χ1n) is 17.4. The summed E-state index contributed by atoms with van der Waals surface area (Å²) >= 11 is 0. The van der Waals surface area contributed by atoms with Crippen molar-refractivity contribution in [2.45, 2.75) is 0 Å². The van der Waals surface area contributed by atoms with E-state index >= 15 is 0 Å². The largest absolute Gasteiger partial charge is 0.380 e. The number of fused-ring (bicyclic) bond motifs is 21. The third-order valence-electron chi connectivity index (χ3n) is 9.92. The topological polar surface area (TPSA) is 190 Å². The van der Waals surface area contributed by atoms with Crippen molar-refractivity contribution in [1.29, 1.82) is 0 Å². The number of H-pyrrole nitrogens is 2. The van der Waals surface area contributed by atoms with E-state index in [1.54, 1.807) is 24.3 Å². The number of rotatable bonds is 4. The summed E-state index contributed by atoms with van der Waals surface area (Å²) in [5.74, 6) is -1.03. The fraction of sp³-hybridized carbons (Fsp3) is 0.0244. The predicted octanol–water partition coefficient (Wildman–Crippen LogP) is 5.65. The van der Waals surface area contributed by atoms with Gasteiger partial charge in [0.05, 0.1) is 16.5 Å². The Morgan fingerprint density at radius 3 is 1.35 bits per heavy atom. The lowest BCUT2D eigenvalue weighted by Crippen LogP contribution is -2.36. The lowest BCUT2D eigenvalue weighted by Gasteiger charge is -2.15. The number of imide groups is 1. The number of carbonyl (C=O) groups excluding carboxylic acids is 2. The monoisotopic (exact) mass is 783 g/mol. The van der Waals surface area contributed by atoms with Crippen LogP contribution in [0.4, 0.5) is 0 Å². The van der Waals surface area contributed by atoms with Crippen LogP contribution in [0.25, 0.3) is 89.7 Å². The smallest absolute Gasteiger partial charge is 0.328 e. The minimum absolute atomic E-state index is 0. The van der Waals surface area contributed by atoms with Crippen LogP contribution in [-0.2, 0) is 10.1 Å². The fourth-order valence-corrected chi connectivity index (χ4v) is 8.42. The van der Waals surface area contributed by atoms with E-state index in [1.807, 2.05) is 72.8 Å². The molecule has 14 nitrogen and oxygen atoms in total. The van der Waals surface area contributed by atoms with Crippen LogP contribution < -0.4 is 4.18 Å². The van der Waals surface area contributed by atoms with E-state index in [2.05, 4.69) is 9.97 Å². The molecule has 2 N–H and O–H groups in total. The van der Waals surface area contributed by atoms with Crippen LogP contribution in [0.2, 0.25) is 0 Å². The highest BCUT2D eigenvalue weighted by atomic mass is 32.2. The van der Waals surface area contributed by atoms with Gasteiger partial charge >= 0.3 is 10.1 Å². The molecule has 0 saturated heterocycles. The number of hydrogen-bond acceptors (Lipinski definition) is 11. The first-order valence-corrected chi connectivity index (χ1v) is 19.0. The van der Waals surface area contributed by atoms with Gasteiger partial charge in [0.1, 0.15) is 22.6 Å². The summed E-state index contributed by atoms with van der Waals surface area (Å²) in [5, 5.41) is 2.43. The second-order valence-electron chi connectivity index (χ2n) is 13.3. The van der Waals surface area contributed by atoms with Gasteiger partial charge in [0, 0.05) is 38.4 Å². The zero-order valence-corrected chi connectivity index (χ0v) is 29.6. The predicted molar refractivity (Wildman–Crippen MR) is 217 cm³/mol. The Hall–Kier alpha value is -7.12. The first-order chi connectivity index (χ1) is 27.3.